The van der Waals surface area contributed by atoms with Gasteiger partial charge in [-0.15, -0.1) is 0 Å². The number of phosphoric acid groups is 1. The van der Waals surface area contributed by atoms with Gasteiger partial charge >= 0.3 is 14.0 Å². The lowest BCUT2D eigenvalue weighted by atomic mass is 9.97. The van der Waals surface area contributed by atoms with Gasteiger partial charge in [0.2, 0.25) is 0 Å². The van der Waals surface area contributed by atoms with E-state index in [2.05, 4.69) is 20.2 Å². The molecule has 14 heteroatoms. The van der Waals surface area contributed by atoms with Crippen LogP contribution in [-0.2, 0) is 30.7 Å². The minimum Gasteiger partial charge on any atom is -0.369 e. The summed E-state index contributed by atoms with van der Waals surface area (Å²) in [4.78, 5) is 9.23. The first-order chi connectivity index (χ1) is 19.3. The Hall–Kier alpha value is -1.85. The Labute approximate surface area is 253 Å². The third kappa shape index (κ3) is 8.40. The minimum atomic E-state index is -4.67. The van der Waals surface area contributed by atoms with Crippen molar-refractivity contribution >= 4 is 47.7 Å². The quantitative estimate of drug-likeness (QED) is 0.224. The Morgan fingerprint density at radius 1 is 1.07 bits per heavy atom. The van der Waals surface area contributed by atoms with Crippen LogP contribution in [0.1, 0.15) is 64.5 Å². The number of hydrogen-bond donors (Lipinski definition) is 2. The molecule has 0 radical (unpaired) electrons. The second-order valence-electron chi connectivity index (χ2n) is 12.1. The number of H-pyrrole nitrogens is 1. The van der Waals surface area contributed by atoms with Crippen LogP contribution in [0.3, 0.4) is 0 Å². The molecular formula is C28H36Cl2F3N4O4P. The van der Waals surface area contributed by atoms with Crippen LogP contribution in [0.2, 0.25) is 10.0 Å². The summed E-state index contributed by atoms with van der Waals surface area (Å²) in [6.07, 6.45) is -3.98. The van der Waals surface area contributed by atoms with Gasteiger partial charge in [0, 0.05) is 41.3 Å². The van der Waals surface area contributed by atoms with Crippen molar-refractivity contribution in [2.45, 2.75) is 71.4 Å². The normalized spacial score (nSPS) is 17.1. The van der Waals surface area contributed by atoms with E-state index in [4.69, 9.17) is 36.8 Å². The Bertz CT molecular complexity index is 1450. The highest BCUT2D eigenvalue weighted by Crippen LogP contribution is 2.56. The molecule has 0 aliphatic carbocycles. The van der Waals surface area contributed by atoms with Crippen molar-refractivity contribution in [3.8, 4) is 0 Å². The van der Waals surface area contributed by atoms with Gasteiger partial charge in [0.05, 0.1) is 28.9 Å². The van der Waals surface area contributed by atoms with Crippen LogP contribution in [0.5, 0.6) is 0 Å². The Morgan fingerprint density at radius 2 is 1.74 bits per heavy atom. The Morgan fingerprint density at radius 3 is 2.36 bits per heavy atom. The molecule has 0 saturated heterocycles. The van der Waals surface area contributed by atoms with Crippen LogP contribution < -0.4 is 5.32 Å². The third-order valence-corrected chi connectivity index (χ3v) is 8.85. The SMILES string of the molecule is CC(C)(C)OP(=O)(OCC1c2[nH]c3ccc(Cl)cc3c2CCN1CCNc1ccc(Cl)c(C(F)(F)F)n1)OC(C)(C)C. The molecule has 0 bridgehead atoms. The first-order valence-electron chi connectivity index (χ1n) is 13.5. The van der Waals surface area contributed by atoms with Crippen LogP contribution in [-0.4, -0.2) is 52.3 Å². The van der Waals surface area contributed by atoms with Crippen molar-refractivity contribution in [3.63, 3.8) is 0 Å². The van der Waals surface area contributed by atoms with Crippen molar-refractivity contribution in [3.05, 3.63) is 57.3 Å². The summed E-state index contributed by atoms with van der Waals surface area (Å²) >= 11 is 12.0. The highest BCUT2D eigenvalue weighted by atomic mass is 35.5. The number of benzene rings is 1. The van der Waals surface area contributed by atoms with E-state index < -0.39 is 42.0 Å². The lowest BCUT2D eigenvalue weighted by molar-refractivity contribution is -0.141. The highest BCUT2D eigenvalue weighted by molar-refractivity contribution is 7.48. The lowest BCUT2D eigenvalue weighted by Crippen LogP contribution is -2.40. The van der Waals surface area contributed by atoms with Crippen LogP contribution in [0.15, 0.2) is 30.3 Å². The maximum atomic E-state index is 13.8. The third-order valence-electron chi connectivity index (χ3n) is 6.31. The van der Waals surface area contributed by atoms with Gasteiger partial charge in [-0.05, 0) is 83.9 Å². The maximum Gasteiger partial charge on any atom is 0.475 e. The zero-order chi connectivity index (χ0) is 31.1. The van der Waals surface area contributed by atoms with Crippen molar-refractivity contribution in [1.29, 1.82) is 0 Å². The molecule has 2 N–H and O–H groups in total. The largest absolute Gasteiger partial charge is 0.475 e. The Balaban J connectivity index is 1.59. The molecule has 232 valence electrons. The summed E-state index contributed by atoms with van der Waals surface area (Å²) in [6, 6.07) is 7.78. The number of rotatable bonds is 9. The summed E-state index contributed by atoms with van der Waals surface area (Å²) in [7, 11) is -4.02. The molecule has 0 fully saturated rings. The van der Waals surface area contributed by atoms with Crippen LogP contribution >= 0.6 is 31.0 Å². The van der Waals surface area contributed by atoms with Gasteiger partial charge in [-0.25, -0.2) is 9.55 Å². The number of pyridine rings is 1. The van der Waals surface area contributed by atoms with E-state index in [0.717, 1.165) is 22.2 Å². The average Bonchev–Trinajstić information content (AvgIpc) is 3.19. The molecule has 1 atom stereocenters. The van der Waals surface area contributed by atoms with Crippen molar-refractivity contribution < 1.29 is 31.3 Å². The number of halogens is 5. The lowest BCUT2D eigenvalue weighted by Gasteiger charge is -2.37. The van der Waals surface area contributed by atoms with Gasteiger partial charge in [-0.2, -0.15) is 13.2 Å². The van der Waals surface area contributed by atoms with E-state index in [1.54, 1.807) is 47.6 Å². The summed E-state index contributed by atoms with van der Waals surface area (Å²) in [5.74, 6) is 0.0548. The van der Waals surface area contributed by atoms with E-state index in [1.807, 2.05) is 12.1 Å². The molecule has 3 heterocycles. The first kappa shape index (κ1) is 33.1. The standard InChI is InChI=1S/C28H36Cl2F3N4O4P/c1-26(2,3)40-42(38,41-27(4,5)6)39-16-22-24-18(19-15-17(29)7-9-21(19)35-24)11-13-37(22)14-12-34-23-10-8-20(30)25(36-23)28(31,32)33/h7-10,15,22,35H,11-14,16H2,1-6H3,(H,34,36). The fraction of sp³-hybridized carbons (Fsp3) is 0.536. The molecule has 1 aliphatic rings. The number of nitrogens with one attached hydrogen (secondary N) is 2. The Kier molecular flexibility index (Phi) is 9.65. The van der Waals surface area contributed by atoms with Gasteiger partial charge < -0.3 is 10.3 Å². The van der Waals surface area contributed by atoms with Crippen LogP contribution in [0, 0.1) is 0 Å². The van der Waals surface area contributed by atoms with Gasteiger partial charge in [0.15, 0.2) is 5.69 Å². The first-order valence-corrected chi connectivity index (χ1v) is 15.7. The molecule has 1 unspecified atom stereocenters. The smallest absolute Gasteiger partial charge is 0.369 e. The van der Waals surface area contributed by atoms with Gasteiger partial charge in [-0.3, -0.25) is 18.5 Å². The van der Waals surface area contributed by atoms with E-state index in [1.165, 1.54) is 12.1 Å². The topological polar surface area (TPSA) is 88.7 Å². The van der Waals surface area contributed by atoms with Crippen LogP contribution in [0.4, 0.5) is 19.0 Å². The second-order valence-corrected chi connectivity index (χ2v) is 14.5. The summed E-state index contributed by atoms with van der Waals surface area (Å²) in [6.45, 7) is 11.9. The number of nitrogens with zero attached hydrogens (tertiary/aromatic N) is 2. The predicted molar refractivity (Wildman–Crippen MR) is 159 cm³/mol. The zero-order valence-electron chi connectivity index (χ0n) is 24.4. The summed E-state index contributed by atoms with van der Waals surface area (Å²) in [5, 5.41) is 4.10. The predicted octanol–water partition coefficient (Wildman–Crippen LogP) is 8.65. The second kappa shape index (κ2) is 12.3. The number of hydrogen-bond acceptors (Lipinski definition) is 7. The van der Waals surface area contributed by atoms with E-state index in [9.17, 15) is 17.7 Å². The summed E-state index contributed by atoms with van der Waals surface area (Å²) < 4.78 is 71.3. The molecule has 0 saturated carbocycles. The average molecular weight is 651 g/mol. The number of anilines is 1. The molecule has 1 aliphatic heterocycles. The molecular weight excluding hydrogens is 615 g/mol. The number of aromatic nitrogens is 2. The molecule has 0 spiro atoms. The molecule has 42 heavy (non-hydrogen) atoms. The number of aromatic amines is 1. The minimum absolute atomic E-state index is 0.0333. The highest BCUT2D eigenvalue weighted by Gasteiger charge is 2.40. The maximum absolute atomic E-state index is 13.8. The van der Waals surface area contributed by atoms with Crippen molar-refractivity contribution in [1.82, 2.24) is 14.9 Å². The fourth-order valence-electron chi connectivity index (χ4n) is 4.82. The van der Waals surface area contributed by atoms with Gasteiger partial charge in [0.25, 0.3) is 0 Å². The van der Waals surface area contributed by atoms with Gasteiger partial charge in [-0.1, -0.05) is 23.2 Å². The molecule has 1 aromatic carbocycles. The molecule has 3 aromatic rings. The van der Waals surface area contributed by atoms with Gasteiger partial charge in [0.1, 0.15) is 5.82 Å². The van der Waals surface area contributed by atoms with Crippen molar-refractivity contribution in [2.75, 3.05) is 31.6 Å². The zero-order valence-corrected chi connectivity index (χ0v) is 26.8. The number of alkyl halides is 3. The number of fused-ring (bicyclic) bond motifs is 3. The molecule has 8 nitrogen and oxygen atoms in total. The van der Waals surface area contributed by atoms with E-state index in [-0.39, 0.29) is 19.0 Å². The molecule has 4 rings (SSSR count). The molecule has 2 aromatic heterocycles. The van der Waals surface area contributed by atoms with Crippen molar-refractivity contribution in [2.24, 2.45) is 0 Å². The monoisotopic (exact) mass is 650 g/mol. The van der Waals surface area contributed by atoms with Crippen LogP contribution in [0.25, 0.3) is 10.9 Å². The van der Waals surface area contributed by atoms with E-state index in [0.29, 0.717) is 24.5 Å². The van der Waals surface area contributed by atoms with E-state index >= 15 is 0 Å². The number of phosphoric ester groups is 1. The molecule has 0 amide bonds. The summed E-state index contributed by atoms with van der Waals surface area (Å²) in [5.41, 5.74) is 0.0952. The fourth-order valence-corrected chi connectivity index (χ4v) is 7.01.